The number of hydrogen-bond donors (Lipinski definition) is 1. The van der Waals surface area contributed by atoms with E-state index in [1.807, 2.05) is 0 Å². The van der Waals surface area contributed by atoms with Crippen LogP contribution in [0, 0.1) is 0 Å². The highest BCUT2D eigenvalue weighted by atomic mass is 32.2. The van der Waals surface area contributed by atoms with Gasteiger partial charge in [0.1, 0.15) is 0 Å². The maximum atomic E-state index is 12.8. The minimum absolute atomic E-state index is 0.116. The van der Waals surface area contributed by atoms with Crippen LogP contribution < -0.4 is 5.32 Å². The molecule has 0 saturated carbocycles. The molecule has 0 radical (unpaired) electrons. The lowest BCUT2D eigenvalue weighted by Gasteiger charge is -2.18. The van der Waals surface area contributed by atoms with E-state index in [1.165, 1.54) is 36.4 Å². The van der Waals surface area contributed by atoms with Gasteiger partial charge in [-0.2, -0.15) is 0 Å². The third kappa shape index (κ3) is 3.36. The van der Waals surface area contributed by atoms with Crippen LogP contribution >= 0.6 is 0 Å². The van der Waals surface area contributed by atoms with Crippen molar-refractivity contribution in [3.63, 3.8) is 0 Å². The van der Waals surface area contributed by atoms with Crippen molar-refractivity contribution in [1.82, 2.24) is 0 Å². The molecular formula is C22H15NO5S. The Morgan fingerprint density at radius 1 is 0.759 bits per heavy atom. The van der Waals surface area contributed by atoms with Crippen LogP contribution in [0.2, 0.25) is 0 Å². The molecule has 1 aliphatic rings. The first-order valence-electron chi connectivity index (χ1n) is 8.69. The summed E-state index contributed by atoms with van der Waals surface area (Å²) in [7, 11) is -3.35. The summed E-state index contributed by atoms with van der Waals surface area (Å²) >= 11 is 0. The van der Waals surface area contributed by atoms with Crippen LogP contribution in [0.15, 0.2) is 71.6 Å². The lowest BCUT2D eigenvalue weighted by Crippen LogP contribution is -2.21. The van der Waals surface area contributed by atoms with Gasteiger partial charge in [0.15, 0.2) is 21.4 Å². The molecule has 0 spiro atoms. The van der Waals surface area contributed by atoms with Gasteiger partial charge >= 0.3 is 0 Å². The standard InChI is InChI=1S/C22H15NO5S/c1-29(27,28)15-9-6-13(7-10-15)22(26)23-14-8-11-18-19(12-14)21(25)17-5-3-2-4-16(17)20(18)24/h2-12H,1H3,(H,23,26). The molecule has 0 atom stereocenters. The highest BCUT2D eigenvalue weighted by Crippen LogP contribution is 2.29. The molecular weight excluding hydrogens is 390 g/mol. The minimum Gasteiger partial charge on any atom is -0.322 e. The van der Waals surface area contributed by atoms with Gasteiger partial charge in [-0.3, -0.25) is 14.4 Å². The number of benzene rings is 3. The molecule has 1 aliphatic carbocycles. The first-order valence-corrected chi connectivity index (χ1v) is 10.6. The van der Waals surface area contributed by atoms with Crippen LogP contribution in [-0.4, -0.2) is 32.1 Å². The molecule has 3 aromatic carbocycles. The van der Waals surface area contributed by atoms with Crippen LogP contribution in [-0.2, 0) is 9.84 Å². The van der Waals surface area contributed by atoms with Crippen molar-refractivity contribution < 1.29 is 22.8 Å². The van der Waals surface area contributed by atoms with E-state index in [9.17, 15) is 22.8 Å². The maximum absolute atomic E-state index is 12.8. The number of anilines is 1. The summed E-state index contributed by atoms with van der Waals surface area (Å²) in [6.45, 7) is 0. The number of hydrogen-bond acceptors (Lipinski definition) is 5. The van der Waals surface area contributed by atoms with Gasteiger partial charge in [0.2, 0.25) is 0 Å². The zero-order valence-electron chi connectivity index (χ0n) is 15.3. The van der Waals surface area contributed by atoms with Gasteiger partial charge in [-0.05, 0) is 42.5 Å². The molecule has 3 aromatic rings. The second-order valence-corrected chi connectivity index (χ2v) is 8.73. The number of ketones is 2. The number of nitrogens with one attached hydrogen (secondary N) is 1. The number of amides is 1. The number of carbonyl (C=O) groups is 3. The SMILES string of the molecule is CS(=O)(=O)c1ccc(C(=O)Nc2ccc3c(c2)C(=O)c2ccccc2C3=O)cc1. The Kier molecular flexibility index (Phi) is 4.39. The molecule has 0 heterocycles. The van der Waals surface area contributed by atoms with Gasteiger partial charge in [0.05, 0.1) is 4.90 Å². The minimum atomic E-state index is -3.35. The van der Waals surface area contributed by atoms with Crippen molar-refractivity contribution in [2.75, 3.05) is 11.6 Å². The molecule has 0 saturated heterocycles. The Bertz CT molecular complexity index is 1290. The van der Waals surface area contributed by atoms with Crippen LogP contribution in [0.5, 0.6) is 0 Å². The van der Waals surface area contributed by atoms with E-state index < -0.39 is 15.7 Å². The predicted molar refractivity (Wildman–Crippen MR) is 107 cm³/mol. The Hall–Kier alpha value is -3.58. The molecule has 144 valence electrons. The summed E-state index contributed by atoms with van der Waals surface area (Å²) in [5.41, 5.74) is 1.87. The number of carbonyl (C=O) groups excluding carboxylic acids is 3. The maximum Gasteiger partial charge on any atom is 0.255 e. The topological polar surface area (TPSA) is 97.4 Å². The zero-order valence-corrected chi connectivity index (χ0v) is 16.1. The van der Waals surface area contributed by atoms with Crippen molar-refractivity contribution in [3.05, 3.63) is 94.5 Å². The van der Waals surface area contributed by atoms with E-state index in [0.717, 1.165) is 6.26 Å². The van der Waals surface area contributed by atoms with Gasteiger partial charge in [0, 0.05) is 39.8 Å². The van der Waals surface area contributed by atoms with E-state index in [0.29, 0.717) is 22.4 Å². The quantitative estimate of drug-likeness (QED) is 0.565. The molecule has 0 aromatic heterocycles. The fourth-order valence-corrected chi connectivity index (χ4v) is 3.86. The molecule has 0 unspecified atom stereocenters. The molecule has 1 amide bonds. The Morgan fingerprint density at radius 2 is 1.31 bits per heavy atom. The molecule has 4 rings (SSSR count). The van der Waals surface area contributed by atoms with E-state index >= 15 is 0 Å². The second kappa shape index (κ2) is 6.79. The number of rotatable bonds is 3. The first-order chi connectivity index (χ1) is 13.8. The lowest BCUT2D eigenvalue weighted by molar-refractivity contribution is 0.0979. The smallest absolute Gasteiger partial charge is 0.255 e. The highest BCUT2D eigenvalue weighted by Gasteiger charge is 2.29. The van der Waals surface area contributed by atoms with Crippen LogP contribution in [0.25, 0.3) is 0 Å². The summed E-state index contributed by atoms with van der Waals surface area (Å²) in [6, 6.07) is 16.7. The van der Waals surface area contributed by atoms with Gasteiger partial charge in [-0.25, -0.2) is 8.42 Å². The van der Waals surface area contributed by atoms with Gasteiger partial charge in [-0.15, -0.1) is 0 Å². The molecule has 0 fully saturated rings. The molecule has 29 heavy (non-hydrogen) atoms. The summed E-state index contributed by atoms with van der Waals surface area (Å²) in [6.07, 6.45) is 1.09. The highest BCUT2D eigenvalue weighted by molar-refractivity contribution is 7.90. The summed E-state index contributed by atoms with van der Waals surface area (Å²) < 4.78 is 23.1. The van der Waals surface area contributed by atoms with Crippen LogP contribution in [0.4, 0.5) is 5.69 Å². The molecule has 1 N–H and O–H groups in total. The van der Waals surface area contributed by atoms with Crippen LogP contribution in [0.3, 0.4) is 0 Å². The van der Waals surface area contributed by atoms with Crippen molar-refractivity contribution in [2.45, 2.75) is 4.90 Å². The number of fused-ring (bicyclic) bond motifs is 2. The van der Waals surface area contributed by atoms with Gasteiger partial charge in [-0.1, -0.05) is 24.3 Å². The zero-order chi connectivity index (χ0) is 20.8. The van der Waals surface area contributed by atoms with E-state index in [4.69, 9.17) is 0 Å². The van der Waals surface area contributed by atoms with E-state index in [-0.39, 0.29) is 27.6 Å². The fraction of sp³-hybridized carbons (Fsp3) is 0.0455. The molecule has 0 aliphatic heterocycles. The van der Waals surface area contributed by atoms with Gasteiger partial charge < -0.3 is 5.32 Å². The van der Waals surface area contributed by atoms with Crippen molar-refractivity contribution in [2.24, 2.45) is 0 Å². The van der Waals surface area contributed by atoms with E-state index in [2.05, 4.69) is 5.32 Å². The number of sulfone groups is 1. The van der Waals surface area contributed by atoms with Gasteiger partial charge in [0.25, 0.3) is 5.91 Å². The largest absolute Gasteiger partial charge is 0.322 e. The fourth-order valence-electron chi connectivity index (χ4n) is 3.23. The molecule has 6 nitrogen and oxygen atoms in total. The van der Waals surface area contributed by atoms with Crippen molar-refractivity contribution in [1.29, 1.82) is 0 Å². The average molecular weight is 405 g/mol. The second-order valence-electron chi connectivity index (χ2n) is 6.71. The average Bonchev–Trinajstić information content (AvgIpc) is 2.71. The third-order valence-electron chi connectivity index (χ3n) is 4.73. The Labute approximate surface area is 167 Å². The van der Waals surface area contributed by atoms with Crippen molar-refractivity contribution >= 4 is 33.0 Å². The predicted octanol–water partition coefficient (Wildman–Crippen LogP) is 3.12. The molecule has 0 bridgehead atoms. The Balaban J connectivity index is 1.62. The first kappa shape index (κ1) is 18.8. The van der Waals surface area contributed by atoms with Crippen LogP contribution in [0.1, 0.15) is 42.2 Å². The third-order valence-corrected chi connectivity index (χ3v) is 5.86. The molecule has 7 heteroatoms. The summed E-state index contributed by atoms with van der Waals surface area (Å²) in [5.74, 6) is -0.965. The normalized spacial score (nSPS) is 12.9. The monoisotopic (exact) mass is 405 g/mol. The summed E-state index contributed by atoms with van der Waals surface area (Å²) in [5, 5.41) is 2.67. The lowest BCUT2D eigenvalue weighted by atomic mass is 9.84. The van der Waals surface area contributed by atoms with E-state index in [1.54, 1.807) is 30.3 Å². The summed E-state index contributed by atoms with van der Waals surface area (Å²) in [4.78, 5) is 38.0. The van der Waals surface area contributed by atoms with Crippen molar-refractivity contribution in [3.8, 4) is 0 Å². The Morgan fingerprint density at radius 3 is 1.90 bits per heavy atom.